The van der Waals surface area contributed by atoms with Crippen molar-refractivity contribution in [3.05, 3.63) is 24.3 Å². The van der Waals surface area contributed by atoms with E-state index in [1.807, 2.05) is 0 Å². The van der Waals surface area contributed by atoms with Gasteiger partial charge in [-0.25, -0.2) is 4.57 Å². The van der Waals surface area contributed by atoms with Crippen molar-refractivity contribution in [1.29, 1.82) is 0 Å². The van der Waals surface area contributed by atoms with Gasteiger partial charge >= 0.3 is 19.8 Å². The third kappa shape index (κ3) is 23.0. The molecule has 0 aromatic carbocycles. The van der Waals surface area contributed by atoms with Crippen LogP contribution < -0.4 is 5.73 Å². The maximum absolute atomic E-state index is 12.7. The standard InChI is InChI=1S/C37H68NO11P/c1-3-5-7-8-9-10-11-12-13-14-16-21-36(42)46-28-31(29-48-50(44,45)47-26-25-38)49-37(43)22-18-17-20-32-33(35(41)27-34(32)40)24-23-30(39)19-15-6-4-2/h17-18,23-24,30-35,39-41H,3-16,19-22,25-29,38H2,1-2H3,(H,44,45)/b18-17-,24-23+/t30-,31-,32+,33-,34+,35-/m1/s1. The number of aliphatic hydroxyl groups is 3. The first-order valence-corrected chi connectivity index (χ1v) is 20.6. The summed E-state index contributed by atoms with van der Waals surface area (Å²) in [4.78, 5) is 34.9. The molecule has 0 aromatic rings. The minimum absolute atomic E-state index is 0.00417. The highest BCUT2D eigenvalue weighted by molar-refractivity contribution is 7.47. The molecule has 292 valence electrons. The molecule has 0 aliphatic heterocycles. The summed E-state index contributed by atoms with van der Waals surface area (Å²) in [6.07, 6.45) is 20.6. The fourth-order valence-corrected chi connectivity index (χ4v) is 6.79. The molecule has 1 aliphatic rings. The number of carbonyl (C=O) groups excluding carboxylic acids is 2. The SMILES string of the molecule is CCCCCCCCCCCCCC(=O)OC[C@H](COP(=O)(O)OCCN)OC(=O)C/C=C\C[C@H]1[C@@H](/C=C/[C@H](O)CCCCC)[C@H](O)C[C@@H]1O. The van der Waals surface area contributed by atoms with Gasteiger partial charge in [-0.05, 0) is 25.2 Å². The van der Waals surface area contributed by atoms with Crippen LogP contribution in [0.25, 0.3) is 0 Å². The van der Waals surface area contributed by atoms with E-state index in [1.54, 1.807) is 24.3 Å². The van der Waals surface area contributed by atoms with E-state index >= 15 is 0 Å². The fraction of sp³-hybridized carbons (Fsp3) is 0.838. The first-order chi connectivity index (χ1) is 24.0. The normalized spacial score (nSPS) is 21.8. The van der Waals surface area contributed by atoms with Gasteiger partial charge in [-0.15, -0.1) is 0 Å². The van der Waals surface area contributed by atoms with Crippen LogP contribution in [-0.4, -0.2) is 82.9 Å². The lowest BCUT2D eigenvalue weighted by molar-refractivity contribution is -0.160. The van der Waals surface area contributed by atoms with Crippen molar-refractivity contribution in [1.82, 2.24) is 0 Å². The van der Waals surface area contributed by atoms with E-state index in [1.165, 1.54) is 44.9 Å². The molecule has 0 spiro atoms. The zero-order chi connectivity index (χ0) is 37.0. The molecule has 0 radical (unpaired) electrons. The fourth-order valence-electron chi connectivity index (χ4n) is 6.02. The average molecular weight is 734 g/mol. The van der Waals surface area contributed by atoms with Gasteiger partial charge in [0, 0.05) is 25.3 Å². The number of allylic oxidation sites excluding steroid dienone is 1. The largest absolute Gasteiger partial charge is 0.472 e. The Morgan fingerprint density at radius 2 is 1.46 bits per heavy atom. The molecular weight excluding hydrogens is 665 g/mol. The van der Waals surface area contributed by atoms with Crippen LogP contribution in [0.15, 0.2) is 24.3 Å². The van der Waals surface area contributed by atoms with Gasteiger partial charge in [-0.2, -0.15) is 0 Å². The van der Waals surface area contributed by atoms with E-state index in [9.17, 15) is 34.4 Å². The zero-order valence-electron chi connectivity index (χ0n) is 30.7. The second kappa shape index (κ2) is 28.9. The minimum atomic E-state index is -4.46. The third-order valence-corrected chi connectivity index (χ3v) is 9.93. The van der Waals surface area contributed by atoms with E-state index in [2.05, 4.69) is 13.8 Å². The van der Waals surface area contributed by atoms with Crippen molar-refractivity contribution in [3.8, 4) is 0 Å². The molecule has 12 nitrogen and oxygen atoms in total. The van der Waals surface area contributed by atoms with Gasteiger partial charge in [0.2, 0.25) is 0 Å². The second-order valence-electron chi connectivity index (χ2n) is 13.4. The Morgan fingerprint density at radius 3 is 2.10 bits per heavy atom. The highest BCUT2D eigenvalue weighted by atomic mass is 31.2. The highest BCUT2D eigenvalue weighted by Gasteiger charge is 2.39. The number of esters is 2. The molecule has 50 heavy (non-hydrogen) atoms. The quantitative estimate of drug-likeness (QED) is 0.0227. The summed E-state index contributed by atoms with van der Waals surface area (Å²) >= 11 is 0. The average Bonchev–Trinajstić information content (AvgIpc) is 3.35. The number of phosphoric acid groups is 1. The number of hydrogen-bond acceptors (Lipinski definition) is 11. The first kappa shape index (κ1) is 46.4. The molecule has 13 heteroatoms. The number of rotatable bonds is 31. The summed E-state index contributed by atoms with van der Waals surface area (Å²) in [5, 5.41) is 31.2. The lowest BCUT2D eigenvalue weighted by Gasteiger charge is -2.20. The van der Waals surface area contributed by atoms with Crippen LogP contribution in [0.2, 0.25) is 0 Å². The number of carbonyl (C=O) groups is 2. The Balaban J connectivity index is 2.56. The number of ether oxygens (including phenoxy) is 2. The van der Waals surface area contributed by atoms with Crippen LogP contribution in [-0.2, 0) is 32.7 Å². The molecule has 0 heterocycles. The van der Waals surface area contributed by atoms with Crippen molar-refractivity contribution in [2.75, 3.05) is 26.4 Å². The van der Waals surface area contributed by atoms with Crippen LogP contribution in [0.3, 0.4) is 0 Å². The lowest BCUT2D eigenvalue weighted by Crippen LogP contribution is -2.29. The summed E-state index contributed by atoms with van der Waals surface area (Å²) in [5.74, 6) is -1.75. The van der Waals surface area contributed by atoms with Gasteiger partial charge in [-0.1, -0.05) is 122 Å². The molecule has 1 fully saturated rings. The van der Waals surface area contributed by atoms with Gasteiger partial charge in [0.05, 0.1) is 37.9 Å². The molecular formula is C37H68NO11P. The van der Waals surface area contributed by atoms with Crippen LogP contribution in [0.1, 0.15) is 136 Å². The van der Waals surface area contributed by atoms with E-state index in [-0.39, 0.29) is 50.9 Å². The minimum Gasteiger partial charge on any atom is -0.462 e. The summed E-state index contributed by atoms with van der Waals surface area (Å²) in [7, 11) is -4.46. The predicted octanol–water partition coefficient (Wildman–Crippen LogP) is 6.43. The van der Waals surface area contributed by atoms with E-state index in [0.717, 1.165) is 38.5 Å². The molecule has 0 bridgehead atoms. The van der Waals surface area contributed by atoms with Gasteiger partial charge in [0.1, 0.15) is 6.61 Å². The van der Waals surface area contributed by atoms with Crippen molar-refractivity contribution in [3.63, 3.8) is 0 Å². The second-order valence-corrected chi connectivity index (χ2v) is 14.9. The predicted molar refractivity (Wildman–Crippen MR) is 194 cm³/mol. The Morgan fingerprint density at radius 1 is 0.840 bits per heavy atom. The van der Waals surface area contributed by atoms with Crippen LogP contribution in [0.5, 0.6) is 0 Å². The number of hydrogen-bond donors (Lipinski definition) is 5. The summed E-state index contributed by atoms with van der Waals surface area (Å²) in [6, 6.07) is 0. The Bertz CT molecular complexity index is 994. The van der Waals surface area contributed by atoms with Gasteiger partial charge in [-0.3, -0.25) is 18.6 Å². The first-order valence-electron chi connectivity index (χ1n) is 19.1. The summed E-state index contributed by atoms with van der Waals surface area (Å²) < 4.78 is 32.6. The van der Waals surface area contributed by atoms with Gasteiger partial charge in [0.25, 0.3) is 0 Å². The maximum atomic E-state index is 12.7. The van der Waals surface area contributed by atoms with Crippen LogP contribution >= 0.6 is 7.82 Å². The van der Waals surface area contributed by atoms with Crippen LogP contribution in [0.4, 0.5) is 0 Å². The zero-order valence-corrected chi connectivity index (χ0v) is 31.6. The highest BCUT2D eigenvalue weighted by Crippen LogP contribution is 2.43. The number of unbranched alkanes of at least 4 members (excludes halogenated alkanes) is 12. The Kier molecular flexibility index (Phi) is 26.8. The van der Waals surface area contributed by atoms with Crippen LogP contribution in [0, 0.1) is 11.8 Å². The monoisotopic (exact) mass is 733 g/mol. The lowest BCUT2D eigenvalue weighted by atomic mass is 9.89. The molecule has 1 rings (SSSR count). The van der Waals surface area contributed by atoms with E-state index in [0.29, 0.717) is 19.3 Å². The van der Waals surface area contributed by atoms with E-state index in [4.69, 9.17) is 24.3 Å². The Hall–Kier alpha value is -1.63. The van der Waals surface area contributed by atoms with Crippen molar-refractivity contribution >= 4 is 19.8 Å². The van der Waals surface area contributed by atoms with Crippen molar-refractivity contribution in [2.45, 2.75) is 160 Å². The summed E-state index contributed by atoms with van der Waals surface area (Å²) in [6.45, 7) is 3.22. The maximum Gasteiger partial charge on any atom is 0.472 e. The number of phosphoric ester groups is 1. The van der Waals surface area contributed by atoms with Gasteiger partial charge in [0.15, 0.2) is 6.10 Å². The molecule has 0 amide bonds. The molecule has 1 saturated carbocycles. The number of aliphatic hydroxyl groups excluding tert-OH is 3. The van der Waals surface area contributed by atoms with Crippen molar-refractivity contribution in [2.24, 2.45) is 17.6 Å². The molecule has 0 saturated heterocycles. The Labute approximate surface area is 300 Å². The number of nitrogens with two attached hydrogens (primary N) is 1. The molecule has 1 unspecified atom stereocenters. The summed E-state index contributed by atoms with van der Waals surface area (Å²) in [5.41, 5.74) is 5.32. The molecule has 6 N–H and O–H groups in total. The smallest absolute Gasteiger partial charge is 0.462 e. The van der Waals surface area contributed by atoms with Crippen molar-refractivity contribution < 1.29 is 52.9 Å². The topological polar surface area (TPSA) is 195 Å². The van der Waals surface area contributed by atoms with E-state index < -0.39 is 50.8 Å². The molecule has 0 aromatic heterocycles. The third-order valence-electron chi connectivity index (χ3n) is 8.94. The molecule has 7 atom stereocenters. The molecule has 1 aliphatic carbocycles. The van der Waals surface area contributed by atoms with Gasteiger partial charge < -0.3 is 35.4 Å².